The first-order chi connectivity index (χ1) is 6.25. The van der Waals surface area contributed by atoms with E-state index in [9.17, 15) is 4.79 Å². The molecule has 0 amide bonds. The minimum atomic E-state index is -0.0472. The maximum atomic E-state index is 11.5. The van der Waals surface area contributed by atoms with E-state index in [1.54, 1.807) is 0 Å². The highest BCUT2D eigenvalue weighted by molar-refractivity contribution is 5.73. The molecular formula is C10H16O3. The Morgan fingerprint density at radius 2 is 2.23 bits per heavy atom. The predicted octanol–water partition coefficient (Wildman–Crippen LogP) is 1.51. The molecule has 1 heterocycles. The van der Waals surface area contributed by atoms with Crippen LogP contribution in [0.1, 0.15) is 32.6 Å². The van der Waals surface area contributed by atoms with Crippen molar-refractivity contribution in [3.05, 3.63) is 0 Å². The number of ether oxygens (including phenoxy) is 2. The van der Waals surface area contributed by atoms with E-state index in [0.717, 1.165) is 19.3 Å². The zero-order valence-electron chi connectivity index (χ0n) is 7.99. The van der Waals surface area contributed by atoms with Crippen LogP contribution in [-0.2, 0) is 14.3 Å². The molecule has 1 saturated carbocycles. The Kier molecular flexibility index (Phi) is 2.54. The summed E-state index contributed by atoms with van der Waals surface area (Å²) in [5.41, 5.74) is 0. The van der Waals surface area contributed by atoms with Gasteiger partial charge in [-0.3, -0.25) is 4.79 Å². The Morgan fingerprint density at radius 1 is 1.46 bits per heavy atom. The lowest BCUT2D eigenvalue weighted by Crippen LogP contribution is -2.29. The van der Waals surface area contributed by atoms with Crippen LogP contribution in [-0.4, -0.2) is 24.8 Å². The fraction of sp³-hybridized carbons (Fsp3) is 0.900. The lowest BCUT2D eigenvalue weighted by atomic mass is 9.96. The summed E-state index contributed by atoms with van der Waals surface area (Å²) in [7, 11) is 0. The van der Waals surface area contributed by atoms with E-state index in [4.69, 9.17) is 9.47 Å². The molecule has 2 rings (SSSR count). The number of rotatable bonds is 2. The van der Waals surface area contributed by atoms with E-state index in [0.29, 0.717) is 6.61 Å². The normalized spacial score (nSPS) is 34.2. The zero-order valence-corrected chi connectivity index (χ0v) is 7.99. The van der Waals surface area contributed by atoms with Gasteiger partial charge in [-0.25, -0.2) is 0 Å². The SMILES string of the molecule is CC1CC(C(=O)OC2CCC2)CO1. The maximum absolute atomic E-state index is 11.5. The molecule has 1 saturated heterocycles. The number of carbonyl (C=O) groups is 1. The van der Waals surface area contributed by atoms with Crippen molar-refractivity contribution in [2.45, 2.75) is 44.8 Å². The van der Waals surface area contributed by atoms with Crippen LogP contribution in [0.3, 0.4) is 0 Å². The largest absolute Gasteiger partial charge is 0.462 e. The highest BCUT2D eigenvalue weighted by Crippen LogP contribution is 2.26. The fourth-order valence-corrected chi connectivity index (χ4v) is 1.73. The Labute approximate surface area is 78.4 Å². The van der Waals surface area contributed by atoms with Gasteiger partial charge in [0.05, 0.1) is 18.6 Å². The lowest BCUT2D eigenvalue weighted by Gasteiger charge is -2.26. The molecule has 1 aliphatic carbocycles. The van der Waals surface area contributed by atoms with E-state index in [-0.39, 0.29) is 24.1 Å². The summed E-state index contributed by atoms with van der Waals surface area (Å²) in [4.78, 5) is 11.5. The molecule has 1 aliphatic heterocycles. The quantitative estimate of drug-likeness (QED) is 0.610. The maximum Gasteiger partial charge on any atom is 0.311 e. The average Bonchev–Trinajstić information content (AvgIpc) is 2.44. The van der Waals surface area contributed by atoms with Crippen molar-refractivity contribution in [3.8, 4) is 0 Å². The van der Waals surface area contributed by atoms with E-state index in [1.165, 1.54) is 6.42 Å². The number of hydrogen-bond donors (Lipinski definition) is 0. The molecule has 3 heteroatoms. The molecule has 0 spiro atoms. The van der Waals surface area contributed by atoms with Crippen molar-refractivity contribution in [1.82, 2.24) is 0 Å². The monoisotopic (exact) mass is 184 g/mol. The van der Waals surface area contributed by atoms with Crippen LogP contribution in [0.5, 0.6) is 0 Å². The van der Waals surface area contributed by atoms with Crippen LogP contribution in [0.4, 0.5) is 0 Å². The first-order valence-electron chi connectivity index (χ1n) is 5.08. The summed E-state index contributed by atoms with van der Waals surface area (Å²) in [5, 5.41) is 0. The Morgan fingerprint density at radius 3 is 2.69 bits per heavy atom. The number of carbonyl (C=O) groups excluding carboxylic acids is 1. The fourth-order valence-electron chi connectivity index (χ4n) is 1.73. The van der Waals surface area contributed by atoms with Crippen LogP contribution in [0.15, 0.2) is 0 Å². The highest BCUT2D eigenvalue weighted by atomic mass is 16.6. The predicted molar refractivity (Wildman–Crippen MR) is 47.3 cm³/mol. The third kappa shape index (κ3) is 2.02. The smallest absolute Gasteiger partial charge is 0.311 e. The third-order valence-corrected chi connectivity index (χ3v) is 2.87. The van der Waals surface area contributed by atoms with Gasteiger partial charge in [0.15, 0.2) is 0 Å². The summed E-state index contributed by atoms with van der Waals surface area (Å²) >= 11 is 0. The van der Waals surface area contributed by atoms with Gasteiger partial charge < -0.3 is 9.47 Å². The van der Waals surface area contributed by atoms with Gasteiger partial charge in [-0.1, -0.05) is 0 Å². The minimum absolute atomic E-state index is 0.00407. The molecule has 0 aromatic heterocycles. The summed E-state index contributed by atoms with van der Waals surface area (Å²) in [6.45, 7) is 2.54. The second-order valence-electron chi connectivity index (χ2n) is 4.07. The molecule has 0 aromatic rings. The molecular weight excluding hydrogens is 168 g/mol. The Bertz CT molecular complexity index is 198. The minimum Gasteiger partial charge on any atom is -0.462 e. The first-order valence-corrected chi connectivity index (χ1v) is 5.08. The molecule has 2 aliphatic rings. The Hall–Kier alpha value is -0.570. The highest BCUT2D eigenvalue weighted by Gasteiger charge is 2.32. The molecule has 0 aromatic carbocycles. The second-order valence-corrected chi connectivity index (χ2v) is 4.07. The lowest BCUT2D eigenvalue weighted by molar-refractivity contribution is -0.157. The average molecular weight is 184 g/mol. The summed E-state index contributed by atoms with van der Waals surface area (Å²) < 4.78 is 10.6. The van der Waals surface area contributed by atoms with Crippen molar-refractivity contribution in [1.29, 1.82) is 0 Å². The van der Waals surface area contributed by atoms with Crippen molar-refractivity contribution in [3.63, 3.8) is 0 Å². The third-order valence-electron chi connectivity index (χ3n) is 2.87. The topological polar surface area (TPSA) is 35.5 Å². The van der Waals surface area contributed by atoms with Crippen molar-refractivity contribution < 1.29 is 14.3 Å². The van der Waals surface area contributed by atoms with Gasteiger partial charge in [0.1, 0.15) is 6.10 Å². The van der Waals surface area contributed by atoms with E-state index in [1.807, 2.05) is 6.92 Å². The van der Waals surface area contributed by atoms with Gasteiger partial charge in [0, 0.05) is 0 Å². The van der Waals surface area contributed by atoms with E-state index >= 15 is 0 Å². The van der Waals surface area contributed by atoms with Gasteiger partial charge >= 0.3 is 5.97 Å². The summed E-state index contributed by atoms with van der Waals surface area (Å²) in [6, 6.07) is 0. The van der Waals surface area contributed by atoms with Crippen molar-refractivity contribution >= 4 is 5.97 Å². The number of hydrogen-bond acceptors (Lipinski definition) is 3. The molecule has 0 bridgehead atoms. The second kappa shape index (κ2) is 3.66. The van der Waals surface area contributed by atoms with Crippen LogP contribution < -0.4 is 0 Å². The van der Waals surface area contributed by atoms with Gasteiger partial charge in [0.2, 0.25) is 0 Å². The zero-order chi connectivity index (χ0) is 9.26. The number of esters is 1. The van der Waals surface area contributed by atoms with Crippen molar-refractivity contribution in [2.75, 3.05) is 6.61 Å². The molecule has 2 fully saturated rings. The van der Waals surface area contributed by atoms with E-state index < -0.39 is 0 Å². The van der Waals surface area contributed by atoms with Crippen LogP contribution in [0.25, 0.3) is 0 Å². The summed E-state index contributed by atoms with van der Waals surface area (Å²) in [5.74, 6) is -0.0512. The summed E-state index contributed by atoms with van der Waals surface area (Å²) in [6.07, 6.45) is 4.56. The van der Waals surface area contributed by atoms with Gasteiger partial charge in [-0.15, -0.1) is 0 Å². The molecule has 3 nitrogen and oxygen atoms in total. The van der Waals surface area contributed by atoms with E-state index in [2.05, 4.69) is 0 Å². The first kappa shape index (κ1) is 9.00. The molecule has 2 unspecified atom stereocenters. The van der Waals surface area contributed by atoms with Gasteiger partial charge in [-0.2, -0.15) is 0 Å². The molecule has 74 valence electrons. The molecule has 0 N–H and O–H groups in total. The van der Waals surface area contributed by atoms with Crippen LogP contribution in [0, 0.1) is 5.92 Å². The standard InChI is InChI=1S/C10H16O3/c1-7-5-8(6-12-7)10(11)13-9-3-2-4-9/h7-9H,2-6H2,1H3. The van der Waals surface area contributed by atoms with Crippen LogP contribution >= 0.6 is 0 Å². The molecule has 13 heavy (non-hydrogen) atoms. The Balaban J connectivity index is 1.76. The molecule has 0 radical (unpaired) electrons. The van der Waals surface area contributed by atoms with Gasteiger partial charge in [0.25, 0.3) is 0 Å². The molecule has 2 atom stereocenters. The van der Waals surface area contributed by atoms with Crippen molar-refractivity contribution in [2.24, 2.45) is 5.92 Å². The van der Waals surface area contributed by atoms with Crippen LogP contribution in [0.2, 0.25) is 0 Å². The van der Waals surface area contributed by atoms with Gasteiger partial charge in [-0.05, 0) is 32.6 Å².